The minimum atomic E-state index is -0.510. The number of pyridine rings is 2. The van der Waals surface area contributed by atoms with E-state index in [2.05, 4.69) is 25.9 Å². The third-order valence-electron chi connectivity index (χ3n) is 4.60. The van der Waals surface area contributed by atoms with Crippen LogP contribution in [0.15, 0.2) is 18.2 Å². The van der Waals surface area contributed by atoms with Crippen molar-refractivity contribution in [2.24, 2.45) is 0 Å². The summed E-state index contributed by atoms with van der Waals surface area (Å²) in [6.07, 6.45) is 1.95. The van der Waals surface area contributed by atoms with Gasteiger partial charge < -0.3 is 30.5 Å². The molecule has 148 valence electrons. The molecule has 1 atom stereocenters. The molecule has 0 spiro atoms. The molecular weight excluding hydrogens is 382 g/mol. The van der Waals surface area contributed by atoms with Crippen molar-refractivity contribution in [3.05, 3.63) is 34.5 Å². The van der Waals surface area contributed by atoms with E-state index in [0.717, 1.165) is 17.0 Å². The van der Waals surface area contributed by atoms with Crippen LogP contribution in [0.2, 0.25) is 5.02 Å². The summed E-state index contributed by atoms with van der Waals surface area (Å²) in [6, 6.07) is 3.81. The number of aliphatic hydroxyl groups excluding tert-OH is 1. The Morgan fingerprint density at radius 3 is 2.96 bits per heavy atom. The van der Waals surface area contributed by atoms with Crippen molar-refractivity contribution in [1.29, 1.82) is 0 Å². The predicted octanol–water partition coefficient (Wildman–Crippen LogP) is 2.69. The van der Waals surface area contributed by atoms with E-state index in [1.54, 1.807) is 0 Å². The molecule has 0 saturated carbocycles. The van der Waals surface area contributed by atoms with Gasteiger partial charge in [-0.05, 0) is 18.6 Å². The van der Waals surface area contributed by atoms with Gasteiger partial charge in [-0.2, -0.15) is 4.98 Å². The second-order valence-electron chi connectivity index (χ2n) is 6.69. The molecule has 0 bridgehead atoms. The Kier molecular flexibility index (Phi) is 5.25. The summed E-state index contributed by atoms with van der Waals surface area (Å²) in [6.45, 7) is 3.15. The average Bonchev–Trinajstić information content (AvgIpc) is 3.01. The Morgan fingerprint density at radius 2 is 2.14 bits per heavy atom. The van der Waals surface area contributed by atoms with Crippen LogP contribution < -0.4 is 25.4 Å². The van der Waals surface area contributed by atoms with Crippen LogP contribution in [0.5, 0.6) is 11.6 Å². The third-order valence-corrected chi connectivity index (χ3v) is 4.97. The number of anilines is 3. The molecule has 0 aliphatic carbocycles. The first-order chi connectivity index (χ1) is 13.5. The van der Waals surface area contributed by atoms with Gasteiger partial charge in [0.15, 0.2) is 11.6 Å². The van der Waals surface area contributed by atoms with Gasteiger partial charge in [-0.3, -0.25) is 0 Å². The lowest BCUT2D eigenvalue weighted by Gasteiger charge is -2.17. The first kappa shape index (κ1) is 18.8. The molecule has 2 aromatic rings. The molecule has 0 fully saturated rings. The number of rotatable bonds is 4. The average molecular weight is 404 g/mol. The molecule has 2 aliphatic heterocycles. The van der Waals surface area contributed by atoms with Crippen LogP contribution in [0.3, 0.4) is 0 Å². The summed E-state index contributed by atoms with van der Waals surface area (Å²) >= 11 is 6.74. The highest BCUT2D eigenvalue weighted by Crippen LogP contribution is 2.46. The van der Waals surface area contributed by atoms with Crippen molar-refractivity contribution in [2.75, 3.05) is 37.6 Å². The molecule has 4 rings (SSSR count). The van der Waals surface area contributed by atoms with Crippen LogP contribution in [0, 0.1) is 6.92 Å². The van der Waals surface area contributed by atoms with Crippen LogP contribution in [-0.4, -0.2) is 48.1 Å². The highest BCUT2D eigenvalue weighted by Gasteiger charge is 2.29. The van der Waals surface area contributed by atoms with Gasteiger partial charge in [0.1, 0.15) is 5.82 Å². The number of aromatic nitrogens is 2. The Morgan fingerprint density at radius 1 is 1.29 bits per heavy atom. The van der Waals surface area contributed by atoms with Crippen LogP contribution in [0.4, 0.5) is 17.3 Å². The molecule has 2 aliphatic rings. The monoisotopic (exact) mass is 403 g/mol. The molecule has 9 heteroatoms. The fraction of sp³-hybridized carbons (Fsp3) is 0.368. The number of hydrogen-bond donors (Lipinski definition) is 4. The topological polar surface area (TPSA) is 101 Å². The summed E-state index contributed by atoms with van der Waals surface area (Å²) in [5, 5.41) is 20.0. The van der Waals surface area contributed by atoms with Crippen molar-refractivity contribution in [2.45, 2.75) is 19.4 Å². The standard InChI is InChI=1S/C19H22ClN5O3/c1-10-5-12(21-2)7-14(23-10)24-18-16(20)15(17-19(25-18)28-9-27-17)11-3-4-22-8-13(26)6-11/h3,5,7,13,22,26H,4,6,8-9H2,1-2H3,(H2,21,23,24,25)/t13-/m1/s1. The maximum Gasteiger partial charge on any atom is 0.262 e. The molecule has 8 nitrogen and oxygen atoms in total. The zero-order chi connectivity index (χ0) is 19.7. The maximum atomic E-state index is 10.2. The van der Waals surface area contributed by atoms with Gasteiger partial charge in [-0.25, -0.2) is 4.98 Å². The first-order valence-electron chi connectivity index (χ1n) is 9.06. The van der Waals surface area contributed by atoms with Crippen LogP contribution in [0.25, 0.3) is 5.57 Å². The second kappa shape index (κ2) is 7.83. The van der Waals surface area contributed by atoms with E-state index in [1.165, 1.54) is 0 Å². The van der Waals surface area contributed by atoms with Crippen LogP contribution in [0.1, 0.15) is 17.7 Å². The number of hydrogen-bond acceptors (Lipinski definition) is 8. The van der Waals surface area contributed by atoms with Crippen molar-refractivity contribution >= 4 is 34.5 Å². The number of halogens is 1. The number of ether oxygens (including phenoxy) is 2. The molecule has 0 radical (unpaired) electrons. The van der Waals surface area contributed by atoms with E-state index in [-0.39, 0.29) is 6.79 Å². The van der Waals surface area contributed by atoms with Gasteiger partial charge in [-0.15, -0.1) is 0 Å². The van der Waals surface area contributed by atoms with E-state index < -0.39 is 6.10 Å². The van der Waals surface area contributed by atoms with Gasteiger partial charge in [0.25, 0.3) is 5.88 Å². The van der Waals surface area contributed by atoms with E-state index in [0.29, 0.717) is 53.4 Å². The minimum Gasteiger partial charge on any atom is -0.451 e. The third kappa shape index (κ3) is 3.71. The van der Waals surface area contributed by atoms with Gasteiger partial charge in [0, 0.05) is 49.6 Å². The number of aliphatic hydroxyl groups is 1. The predicted molar refractivity (Wildman–Crippen MR) is 109 cm³/mol. The molecule has 0 saturated heterocycles. The minimum absolute atomic E-state index is 0.0792. The summed E-state index contributed by atoms with van der Waals surface area (Å²) < 4.78 is 11.2. The molecule has 28 heavy (non-hydrogen) atoms. The molecule has 0 amide bonds. The zero-order valence-electron chi connectivity index (χ0n) is 15.7. The van der Waals surface area contributed by atoms with Gasteiger partial charge >= 0.3 is 0 Å². The quantitative estimate of drug-likeness (QED) is 0.618. The molecular formula is C19H22ClN5O3. The Hall–Kier alpha value is -2.55. The lowest BCUT2D eigenvalue weighted by molar-refractivity contribution is 0.170. The SMILES string of the molecule is CNc1cc(C)nc(Nc2nc3c(c(C4=CCNC[C@H](O)C4)c2Cl)OCO3)c1. The lowest BCUT2D eigenvalue weighted by Crippen LogP contribution is -2.24. The highest BCUT2D eigenvalue weighted by molar-refractivity contribution is 6.35. The highest BCUT2D eigenvalue weighted by atomic mass is 35.5. The van der Waals surface area contributed by atoms with Gasteiger partial charge in [0.05, 0.1) is 11.1 Å². The Labute approximate surface area is 167 Å². The van der Waals surface area contributed by atoms with Crippen molar-refractivity contribution in [1.82, 2.24) is 15.3 Å². The Bertz CT molecular complexity index is 934. The zero-order valence-corrected chi connectivity index (χ0v) is 16.4. The number of aryl methyl sites for hydroxylation is 1. The van der Waals surface area contributed by atoms with E-state index in [1.807, 2.05) is 32.2 Å². The smallest absolute Gasteiger partial charge is 0.262 e. The molecule has 2 aromatic heterocycles. The summed E-state index contributed by atoms with van der Waals surface area (Å²) in [5.74, 6) is 1.91. The second-order valence-corrected chi connectivity index (χ2v) is 7.07. The van der Waals surface area contributed by atoms with Crippen LogP contribution >= 0.6 is 11.6 Å². The number of β-amino-alcohol motifs (C(OH)–C–C–N with tert-alkyl or cyclic N) is 1. The fourth-order valence-electron chi connectivity index (χ4n) is 3.33. The van der Waals surface area contributed by atoms with Gasteiger partial charge in [0.2, 0.25) is 6.79 Å². The largest absolute Gasteiger partial charge is 0.451 e. The lowest BCUT2D eigenvalue weighted by atomic mass is 9.99. The normalized spacial score (nSPS) is 18.4. The maximum absolute atomic E-state index is 10.2. The van der Waals surface area contributed by atoms with Crippen molar-refractivity contribution in [3.63, 3.8) is 0 Å². The fourth-order valence-corrected chi connectivity index (χ4v) is 3.63. The summed E-state index contributed by atoms with van der Waals surface area (Å²) in [5.41, 5.74) is 3.36. The molecule has 0 unspecified atom stereocenters. The number of nitrogens with one attached hydrogen (secondary N) is 3. The first-order valence-corrected chi connectivity index (χ1v) is 9.43. The van der Waals surface area contributed by atoms with E-state index in [4.69, 9.17) is 21.1 Å². The molecule has 0 aromatic carbocycles. The van der Waals surface area contributed by atoms with E-state index >= 15 is 0 Å². The number of nitrogens with zero attached hydrogens (tertiary/aromatic N) is 2. The summed E-state index contributed by atoms with van der Waals surface area (Å²) in [4.78, 5) is 8.97. The Balaban J connectivity index is 1.77. The van der Waals surface area contributed by atoms with Gasteiger partial charge in [-0.1, -0.05) is 17.7 Å². The van der Waals surface area contributed by atoms with E-state index in [9.17, 15) is 5.11 Å². The molecule has 4 heterocycles. The summed E-state index contributed by atoms with van der Waals surface area (Å²) in [7, 11) is 1.85. The number of fused-ring (bicyclic) bond motifs is 1. The van der Waals surface area contributed by atoms with Crippen molar-refractivity contribution in [3.8, 4) is 11.6 Å². The van der Waals surface area contributed by atoms with Crippen molar-refractivity contribution < 1.29 is 14.6 Å². The van der Waals surface area contributed by atoms with Crippen LogP contribution in [-0.2, 0) is 0 Å². The molecule has 4 N–H and O–H groups in total.